The van der Waals surface area contributed by atoms with Crippen molar-refractivity contribution in [2.24, 2.45) is 0 Å². The molecule has 0 aliphatic carbocycles. The second kappa shape index (κ2) is 12.8. The molecule has 13 aromatic rings. The van der Waals surface area contributed by atoms with Crippen molar-refractivity contribution < 1.29 is 0 Å². The third kappa shape index (κ3) is 4.81. The Morgan fingerprint density at radius 1 is 0.361 bits per heavy atom. The number of rotatable bonds is 4. The molecule has 0 unspecified atom stereocenters. The van der Waals surface area contributed by atoms with Crippen LogP contribution in [0.25, 0.3) is 116 Å². The van der Waals surface area contributed by atoms with E-state index >= 15 is 4.79 Å². The molecule has 0 aliphatic rings. The van der Waals surface area contributed by atoms with E-state index in [0.717, 1.165) is 104 Å². The fourth-order valence-corrected chi connectivity index (χ4v) is 9.81. The minimum Gasteiger partial charge on any atom is -0.309 e. The van der Waals surface area contributed by atoms with Crippen LogP contribution in [0.2, 0.25) is 0 Å². The summed E-state index contributed by atoms with van der Waals surface area (Å²) >= 11 is 0. The predicted octanol–water partition coefficient (Wildman–Crippen LogP) is 13.1. The first-order valence-electron chi connectivity index (χ1n) is 20.6. The highest BCUT2D eigenvalue weighted by atomic mass is 16.1. The van der Waals surface area contributed by atoms with Crippen molar-refractivity contribution in [3.05, 3.63) is 211 Å². The maximum Gasteiger partial charge on any atom is 0.265 e. The number of fused-ring (bicyclic) bond motifs is 13. The number of benzene rings is 9. The lowest BCUT2D eigenvalue weighted by Gasteiger charge is -2.17. The molecular weight excluding hydrogens is 747 g/mol. The lowest BCUT2D eigenvalue weighted by Crippen LogP contribution is -2.20. The van der Waals surface area contributed by atoms with Gasteiger partial charge in [0.25, 0.3) is 5.56 Å². The van der Waals surface area contributed by atoms with Crippen molar-refractivity contribution in [1.29, 1.82) is 0 Å². The molecule has 0 amide bonds. The maximum absolute atomic E-state index is 16.1. The monoisotopic (exact) mass is 779 g/mol. The zero-order valence-corrected chi connectivity index (χ0v) is 32.7. The molecule has 13 rings (SSSR count). The minimum atomic E-state index is -0.108. The molecule has 6 heteroatoms. The molecule has 0 saturated carbocycles. The summed E-state index contributed by atoms with van der Waals surface area (Å²) in [6.07, 6.45) is 0. The quantitative estimate of drug-likeness (QED) is 0.167. The van der Waals surface area contributed by atoms with Crippen LogP contribution in [0.3, 0.4) is 0 Å². The Kier molecular flexibility index (Phi) is 7.06. The van der Waals surface area contributed by atoms with E-state index in [1.54, 1.807) is 0 Å². The highest BCUT2D eigenvalue weighted by Gasteiger charge is 2.24. The lowest BCUT2D eigenvalue weighted by atomic mass is 9.98. The Balaban J connectivity index is 1.20. The minimum absolute atomic E-state index is 0.108. The number of hydrogen-bond donors (Lipinski definition) is 0. The molecule has 6 nitrogen and oxygen atoms in total. The summed E-state index contributed by atoms with van der Waals surface area (Å²) in [4.78, 5) is 26.7. The van der Waals surface area contributed by atoms with Crippen molar-refractivity contribution in [3.63, 3.8) is 0 Å². The van der Waals surface area contributed by atoms with Gasteiger partial charge in [-0.15, -0.1) is 0 Å². The zero-order chi connectivity index (χ0) is 40.2. The van der Waals surface area contributed by atoms with E-state index in [1.807, 2.05) is 53.1 Å². The molecule has 0 spiro atoms. The normalized spacial score (nSPS) is 12.0. The van der Waals surface area contributed by atoms with Gasteiger partial charge in [-0.05, 0) is 59.3 Å². The Labute approximate surface area is 348 Å². The predicted molar refractivity (Wildman–Crippen MR) is 252 cm³/mol. The topological polar surface area (TPSA) is 57.6 Å². The molecule has 0 aliphatic heterocycles. The number of para-hydroxylation sites is 4. The highest BCUT2D eigenvalue weighted by molar-refractivity contribution is 6.25. The molecule has 0 bridgehead atoms. The van der Waals surface area contributed by atoms with Crippen LogP contribution in [0.1, 0.15) is 0 Å². The molecule has 9 aromatic carbocycles. The summed E-state index contributed by atoms with van der Waals surface area (Å²) in [5, 5.41) is 9.71. The van der Waals surface area contributed by atoms with Crippen LogP contribution in [-0.4, -0.2) is 23.7 Å². The first-order valence-corrected chi connectivity index (χ1v) is 20.6. The Morgan fingerprint density at radius 3 is 1.75 bits per heavy atom. The molecule has 61 heavy (non-hydrogen) atoms. The standard InChI is InChI=1S/C55H33N5O/c61-54-50-41(30-31-42-39-21-10-14-26-48(39)60(53(42)50)55-56-46-24-12-9-23-44(46)51(57-55)35-16-3-1-4-17-35)43-29-27-34-15-7-8-20-38(34)52(43)59(54)37-28-32-49-45(33-37)40-22-11-13-25-47(40)58(49)36-18-5-2-6-19-36/h1-33H. The van der Waals surface area contributed by atoms with Crippen molar-refractivity contribution in [2.75, 3.05) is 0 Å². The van der Waals surface area contributed by atoms with Gasteiger partial charge in [-0.3, -0.25) is 13.9 Å². The Hall–Kier alpha value is -8.35. The van der Waals surface area contributed by atoms with Crippen LogP contribution >= 0.6 is 0 Å². The van der Waals surface area contributed by atoms with Crippen molar-refractivity contribution in [3.8, 4) is 28.6 Å². The molecule has 0 fully saturated rings. The van der Waals surface area contributed by atoms with E-state index in [-0.39, 0.29) is 5.56 Å². The van der Waals surface area contributed by atoms with Crippen molar-refractivity contribution in [1.82, 2.24) is 23.7 Å². The van der Waals surface area contributed by atoms with E-state index in [4.69, 9.17) is 9.97 Å². The first kappa shape index (κ1) is 33.6. The summed E-state index contributed by atoms with van der Waals surface area (Å²) in [5.74, 6) is 0.510. The summed E-state index contributed by atoms with van der Waals surface area (Å²) < 4.78 is 6.37. The molecular formula is C55H33N5O. The van der Waals surface area contributed by atoms with Crippen LogP contribution in [0.4, 0.5) is 0 Å². The molecule has 4 heterocycles. The maximum atomic E-state index is 16.1. The van der Waals surface area contributed by atoms with Crippen LogP contribution in [-0.2, 0) is 0 Å². The second-order valence-corrected chi connectivity index (χ2v) is 15.7. The molecule has 0 radical (unpaired) electrons. The third-order valence-corrected chi connectivity index (χ3v) is 12.4. The average molecular weight is 780 g/mol. The van der Waals surface area contributed by atoms with Gasteiger partial charge in [0, 0.05) is 49.0 Å². The van der Waals surface area contributed by atoms with Gasteiger partial charge in [-0.25, -0.2) is 9.97 Å². The fraction of sp³-hybridized carbons (Fsp3) is 0. The molecule has 284 valence electrons. The second-order valence-electron chi connectivity index (χ2n) is 15.7. The van der Waals surface area contributed by atoms with E-state index < -0.39 is 0 Å². The number of aromatic nitrogens is 5. The van der Waals surface area contributed by atoms with Gasteiger partial charge >= 0.3 is 0 Å². The van der Waals surface area contributed by atoms with E-state index in [1.165, 1.54) is 0 Å². The van der Waals surface area contributed by atoms with Crippen LogP contribution < -0.4 is 5.56 Å². The number of pyridine rings is 1. The highest BCUT2D eigenvalue weighted by Crippen LogP contribution is 2.41. The molecule has 0 atom stereocenters. The smallest absolute Gasteiger partial charge is 0.265 e. The SMILES string of the molecule is O=c1c2c(ccc3c4ccccc4n(-c4nc(-c5ccccc5)c5ccccc5n4)c32)c2ccc3ccccc3c2n1-c1ccc2c(c1)c1ccccc1n2-c1ccccc1. The van der Waals surface area contributed by atoms with Crippen LogP contribution in [0, 0.1) is 0 Å². The Bertz CT molecular complexity index is 4010. The Morgan fingerprint density at radius 2 is 0.951 bits per heavy atom. The number of nitrogens with zero attached hydrogens (tertiary/aromatic N) is 5. The summed E-state index contributed by atoms with van der Waals surface area (Å²) in [6.45, 7) is 0. The van der Waals surface area contributed by atoms with Crippen molar-refractivity contribution in [2.45, 2.75) is 0 Å². The van der Waals surface area contributed by atoms with E-state index in [0.29, 0.717) is 11.3 Å². The third-order valence-electron chi connectivity index (χ3n) is 12.4. The van der Waals surface area contributed by atoms with Crippen LogP contribution in [0.15, 0.2) is 205 Å². The molecule has 0 N–H and O–H groups in total. The molecule has 4 aromatic heterocycles. The van der Waals surface area contributed by atoms with Gasteiger partial charge in [-0.1, -0.05) is 152 Å². The van der Waals surface area contributed by atoms with Gasteiger partial charge < -0.3 is 4.57 Å². The lowest BCUT2D eigenvalue weighted by molar-refractivity contribution is 1.01. The van der Waals surface area contributed by atoms with Crippen LogP contribution in [0.5, 0.6) is 0 Å². The number of hydrogen-bond acceptors (Lipinski definition) is 3. The van der Waals surface area contributed by atoms with E-state index in [2.05, 4.69) is 161 Å². The zero-order valence-electron chi connectivity index (χ0n) is 32.7. The summed E-state index contributed by atoms with van der Waals surface area (Å²) in [5.41, 5.74) is 9.20. The van der Waals surface area contributed by atoms with Gasteiger partial charge in [0.1, 0.15) is 0 Å². The van der Waals surface area contributed by atoms with Crippen molar-refractivity contribution >= 4 is 87.0 Å². The first-order chi connectivity index (χ1) is 30.2. The van der Waals surface area contributed by atoms with Gasteiger partial charge in [-0.2, -0.15) is 0 Å². The van der Waals surface area contributed by atoms with E-state index in [9.17, 15) is 0 Å². The van der Waals surface area contributed by atoms with Gasteiger partial charge in [0.05, 0.1) is 49.9 Å². The van der Waals surface area contributed by atoms with Gasteiger partial charge in [0.15, 0.2) is 0 Å². The summed E-state index contributed by atoms with van der Waals surface area (Å²) in [7, 11) is 0. The average Bonchev–Trinajstić information content (AvgIpc) is 3.84. The molecule has 0 saturated heterocycles. The fourth-order valence-electron chi connectivity index (χ4n) is 9.81. The largest absolute Gasteiger partial charge is 0.309 e. The summed E-state index contributed by atoms with van der Waals surface area (Å²) in [6, 6.07) is 69.2. The van der Waals surface area contributed by atoms with Gasteiger partial charge in [0.2, 0.25) is 5.95 Å².